The minimum atomic E-state index is -0.0346. The molecular weight excluding hydrogens is 284 g/mol. The molecule has 0 spiro atoms. The Hall–Kier alpha value is -1.27. The lowest BCUT2D eigenvalue weighted by Crippen LogP contribution is -2.28. The third kappa shape index (κ3) is 4.89. The molecule has 0 saturated heterocycles. The van der Waals surface area contributed by atoms with E-state index in [1.165, 1.54) is 11.3 Å². The van der Waals surface area contributed by atoms with Crippen molar-refractivity contribution in [2.24, 2.45) is 0 Å². The van der Waals surface area contributed by atoms with E-state index in [1.807, 2.05) is 6.07 Å². The first kappa shape index (κ1) is 16.1. The Kier molecular flexibility index (Phi) is 5.47. The molecule has 1 heterocycles. The van der Waals surface area contributed by atoms with Crippen molar-refractivity contribution in [2.75, 3.05) is 31.2 Å². The van der Waals surface area contributed by atoms with E-state index < -0.39 is 0 Å². The SMILES string of the molecule is CC(C)N(C)CCCNc1cc(N)c(C(=O)NC2CC2)s1. The number of nitrogens with one attached hydrogen (secondary N) is 2. The average molecular weight is 310 g/mol. The number of hydrogen-bond acceptors (Lipinski definition) is 5. The third-order valence-corrected chi connectivity index (χ3v) is 4.86. The fraction of sp³-hybridized carbons (Fsp3) is 0.667. The summed E-state index contributed by atoms with van der Waals surface area (Å²) in [5, 5.41) is 7.30. The molecular formula is C15H26N4OS. The van der Waals surface area contributed by atoms with Crippen LogP contribution in [0, 0.1) is 0 Å². The Morgan fingerprint density at radius 3 is 2.86 bits per heavy atom. The van der Waals surface area contributed by atoms with Gasteiger partial charge in [-0.1, -0.05) is 0 Å². The standard InChI is InChI=1S/C15H26N4OS/c1-10(2)19(3)8-4-7-17-13-9-12(16)14(21-13)15(20)18-11-5-6-11/h9-11,17H,4-8,16H2,1-3H3,(H,18,20). The normalized spacial score (nSPS) is 14.7. The molecule has 0 bridgehead atoms. The van der Waals surface area contributed by atoms with Crippen LogP contribution in [0.15, 0.2) is 6.07 Å². The number of anilines is 2. The monoisotopic (exact) mass is 310 g/mol. The number of nitrogens with zero attached hydrogens (tertiary/aromatic N) is 1. The largest absolute Gasteiger partial charge is 0.397 e. The Morgan fingerprint density at radius 1 is 1.52 bits per heavy atom. The molecule has 1 aromatic rings. The second-order valence-electron chi connectivity index (χ2n) is 6.00. The summed E-state index contributed by atoms with van der Waals surface area (Å²) in [7, 11) is 2.13. The van der Waals surface area contributed by atoms with Gasteiger partial charge in [-0.15, -0.1) is 11.3 Å². The predicted molar refractivity (Wildman–Crippen MR) is 90.1 cm³/mol. The molecule has 1 saturated carbocycles. The Bertz CT molecular complexity index is 482. The molecule has 1 aliphatic carbocycles. The van der Waals surface area contributed by atoms with Gasteiger partial charge in [-0.3, -0.25) is 4.79 Å². The van der Waals surface area contributed by atoms with Crippen molar-refractivity contribution in [2.45, 2.75) is 45.2 Å². The van der Waals surface area contributed by atoms with Crippen LogP contribution >= 0.6 is 11.3 Å². The molecule has 0 atom stereocenters. The highest BCUT2D eigenvalue weighted by Gasteiger charge is 2.25. The summed E-state index contributed by atoms with van der Waals surface area (Å²) >= 11 is 1.44. The third-order valence-electron chi connectivity index (χ3n) is 3.75. The van der Waals surface area contributed by atoms with Crippen molar-refractivity contribution < 1.29 is 4.79 Å². The maximum Gasteiger partial charge on any atom is 0.263 e. The summed E-state index contributed by atoms with van der Waals surface area (Å²) in [6, 6.07) is 2.79. The number of hydrogen-bond donors (Lipinski definition) is 3. The van der Waals surface area contributed by atoms with Gasteiger partial charge in [0.2, 0.25) is 0 Å². The van der Waals surface area contributed by atoms with Crippen LogP contribution in [-0.2, 0) is 0 Å². The molecule has 118 valence electrons. The molecule has 2 rings (SSSR count). The van der Waals surface area contributed by atoms with E-state index in [1.54, 1.807) is 0 Å². The lowest BCUT2D eigenvalue weighted by molar-refractivity contribution is 0.0956. The first-order valence-electron chi connectivity index (χ1n) is 7.61. The quantitative estimate of drug-likeness (QED) is 0.645. The predicted octanol–water partition coefficient (Wildman–Crippen LogP) is 2.36. The van der Waals surface area contributed by atoms with Crippen molar-refractivity contribution in [1.29, 1.82) is 0 Å². The van der Waals surface area contributed by atoms with Gasteiger partial charge in [0.25, 0.3) is 5.91 Å². The summed E-state index contributed by atoms with van der Waals surface area (Å²) in [5.41, 5.74) is 6.50. The van der Waals surface area contributed by atoms with Crippen molar-refractivity contribution in [3.63, 3.8) is 0 Å². The molecule has 1 amide bonds. The Morgan fingerprint density at radius 2 is 2.24 bits per heavy atom. The molecule has 1 fully saturated rings. The van der Waals surface area contributed by atoms with Crippen LogP contribution in [0.5, 0.6) is 0 Å². The van der Waals surface area contributed by atoms with Crippen molar-refractivity contribution in [3.8, 4) is 0 Å². The fourth-order valence-electron chi connectivity index (χ4n) is 1.95. The fourth-order valence-corrected chi connectivity index (χ4v) is 2.85. The highest BCUT2D eigenvalue weighted by molar-refractivity contribution is 7.18. The molecule has 6 heteroatoms. The van der Waals surface area contributed by atoms with Crippen LogP contribution in [0.4, 0.5) is 10.7 Å². The minimum absolute atomic E-state index is 0.0346. The van der Waals surface area contributed by atoms with Crippen molar-refractivity contribution >= 4 is 27.9 Å². The number of amides is 1. The summed E-state index contributed by atoms with van der Waals surface area (Å²) < 4.78 is 0. The van der Waals surface area contributed by atoms with Crippen LogP contribution in [0.1, 0.15) is 42.8 Å². The molecule has 4 N–H and O–H groups in total. The highest BCUT2D eigenvalue weighted by atomic mass is 32.1. The summed E-state index contributed by atoms with van der Waals surface area (Å²) in [5.74, 6) is -0.0346. The van der Waals surface area contributed by atoms with Gasteiger partial charge >= 0.3 is 0 Å². The van der Waals surface area contributed by atoms with Gasteiger partial charge < -0.3 is 21.3 Å². The highest BCUT2D eigenvalue weighted by Crippen LogP contribution is 2.30. The zero-order valence-corrected chi connectivity index (χ0v) is 13.9. The number of rotatable bonds is 8. The number of nitrogen functional groups attached to an aromatic ring is 1. The van der Waals surface area contributed by atoms with Crippen LogP contribution in [0.3, 0.4) is 0 Å². The summed E-state index contributed by atoms with van der Waals surface area (Å²) in [6.07, 6.45) is 3.24. The van der Waals surface area contributed by atoms with Crippen LogP contribution in [0.25, 0.3) is 0 Å². The lowest BCUT2D eigenvalue weighted by Gasteiger charge is -2.20. The number of nitrogens with two attached hydrogens (primary N) is 1. The molecule has 0 radical (unpaired) electrons. The van der Waals surface area contributed by atoms with Crippen molar-refractivity contribution in [1.82, 2.24) is 10.2 Å². The van der Waals surface area contributed by atoms with Crippen LogP contribution in [0.2, 0.25) is 0 Å². The van der Waals surface area contributed by atoms with Crippen LogP contribution < -0.4 is 16.4 Å². The first-order valence-corrected chi connectivity index (χ1v) is 8.43. The van der Waals surface area contributed by atoms with E-state index >= 15 is 0 Å². The van der Waals surface area contributed by atoms with Crippen LogP contribution in [-0.4, -0.2) is 43.0 Å². The molecule has 1 aromatic heterocycles. The first-order chi connectivity index (χ1) is 9.97. The molecule has 1 aliphatic rings. The molecule has 0 aliphatic heterocycles. The van der Waals surface area contributed by atoms with Gasteiger partial charge in [0.1, 0.15) is 4.88 Å². The molecule has 0 unspecified atom stereocenters. The minimum Gasteiger partial charge on any atom is -0.397 e. The average Bonchev–Trinajstić information content (AvgIpc) is 3.15. The zero-order chi connectivity index (χ0) is 15.4. The summed E-state index contributed by atoms with van der Waals surface area (Å²) in [4.78, 5) is 15.0. The Balaban J connectivity index is 1.77. The van der Waals surface area contributed by atoms with E-state index in [4.69, 9.17) is 5.73 Å². The maximum atomic E-state index is 12.0. The second kappa shape index (κ2) is 7.13. The van der Waals surface area contributed by atoms with Gasteiger partial charge in [0.15, 0.2) is 0 Å². The topological polar surface area (TPSA) is 70.4 Å². The van der Waals surface area contributed by atoms with E-state index in [-0.39, 0.29) is 5.91 Å². The van der Waals surface area contributed by atoms with E-state index in [0.717, 1.165) is 37.4 Å². The number of carbonyl (C=O) groups is 1. The maximum absolute atomic E-state index is 12.0. The number of carbonyl (C=O) groups excluding carboxylic acids is 1. The van der Waals surface area contributed by atoms with Gasteiger partial charge in [-0.05, 0) is 52.8 Å². The van der Waals surface area contributed by atoms with Gasteiger partial charge in [-0.25, -0.2) is 0 Å². The zero-order valence-electron chi connectivity index (χ0n) is 13.1. The van der Waals surface area contributed by atoms with Crippen molar-refractivity contribution in [3.05, 3.63) is 10.9 Å². The summed E-state index contributed by atoms with van der Waals surface area (Å²) in [6.45, 7) is 6.33. The van der Waals surface area contributed by atoms with E-state index in [2.05, 4.69) is 36.4 Å². The number of thiophene rings is 1. The molecule has 5 nitrogen and oxygen atoms in total. The second-order valence-corrected chi connectivity index (χ2v) is 7.05. The van der Waals surface area contributed by atoms with Gasteiger partial charge in [-0.2, -0.15) is 0 Å². The molecule has 21 heavy (non-hydrogen) atoms. The lowest BCUT2D eigenvalue weighted by atomic mass is 10.3. The smallest absolute Gasteiger partial charge is 0.263 e. The van der Waals surface area contributed by atoms with E-state index in [9.17, 15) is 4.79 Å². The van der Waals surface area contributed by atoms with Gasteiger partial charge in [0, 0.05) is 18.6 Å². The van der Waals surface area contributed by atoms with Gasteiger partial charge in [0.05, 0.1) is 10.7 Å². The Labute approximate surface area is 130 Å². The van der Waals surface area contributed by atoms with E-state index in [0.29, 0.717) is 22.6 Å². The molecule has 0 aromatic carbocycles.